The molecular weight excluding hydrogens is 545 g/mol. The summed E-state index contributed by atoms with van der Waals surface area (Å²) in [5, 5.41) is 20.0. The summed E-state index contributed by atoms with van der Waals surface area (Å²) in [5.41, 5.74) is -0.888. The molecule has 0 bridgehead atoms. The first-order chi connectivity index (χ1) is 20.3. The SMILES string of the molecule is O=C(CCCc1ccc2ccc3cccc4ccc1c2c34)NCC(=O)OC[C@@H]1O[C@H](n2cc(F)c(=O)[nH]c2=O)CC1O. The molecule has 10 nitrogen and oxygen atoms in total. The smallest absolute Gasteiger partial charge is 0.330 e. The normalized spacial score (nSPS) is 18.7. The summed E-state index contributed by atoms with van der Waals surface area (Å²) < 4.78 is 25.1. The molecule has 1 amide bonds. The molecule has 1 aliphatic rings. The minimum absolute atomic E-state index is 0.0730. The van der Waals surface area contributed by atoms with Crippen molar-refractivity contribution in [2.45, 2.75) is 44.1 Å². The number of aryl methyl sites for hydroxylation is 1. The number of aromatic amines is 1. The van der Waals surface area contributed by atoms with E-state index in [0.717, 1.165) is 10.1 Å². The lowest BCUT2D eigenvalue weighted by Crippen LogP contribution is -2.35. The van der Waals surface area contributed by atoms with E-state index in [-0.39, 0.29) is 31.9 Å². The van der Waals surface area contributed by atoms with Crippen LogP contribution in [0.1, 0.15) is 31.1 Å². The molecule has 0 saturated carbocycles. The Morgan fingerprint density at radius 3 is 2.55 bits per heavy atom. The first-order valence-corrected chi connectivity index (χ1v) is 13.7. The highest BCUT2D eigenvalue weighted by Crippen LogP contribution is 2.36. The van der Waals surface area contributed by atoms with Gasteiger partial charge >= 0.3 is 11.7 Å². The number of carbonyl (C=O) groups excluding carboxylic acids is 2. The van der Waals surface area contributed by atoms with Gasteiger partial charge in [0.15, 0.2) is 0 Å². The van der Waals surface area contributed by atoms with E-state index in [9.17, 15) is 28.7 Å². The van der Waals surface area contributed by atoms with E-state index >= 15 is 0 Å². The Morgan fingerprint density at radius 1 is 1.05 bits per heavy atom. The number of halogens is 1. The molecule has 1 aliphatic heterocycles. The van der Waals surface area contributed by atoms with Crippen molar-refractivity contribution in [3.8, 4) is 0 Å². The maximum Gasteiger partial charge on any atom is 0.330 e. The van der Waals surface area contributed by atoms with Gasteiger partial charge < -0.3 is 19.9 Å². The van der Waals surface area contributed by atoms with E-state index in [4.69, 9.17) is 9.47 Å². The number of carbonyl (C=O) groups is 2. The lowest BCUT2D eigenvalue weighted by Gasteiger charge is -2.16. The van der Waals surface area contributed by atoms with E-state index in [2.05, 4.69) is 59.9 Å². The van der Waals surface area contributed by atoms with Gasteiger partial charge in [-0.15, -0.1) is 0 Å². The second-order valence-corrected chi connectivity index (χ2v) is 10.5. The van der Waals surface area contributed by atoms with Crippen molar-refractivity contribution < 1.29 is 28.6 Å². The molecule has 2 heterocycles. The highest BCUT2D eigenvalue weighted by molar-refractivity contribution is 6.23. The topological polar surface area (TPSA) is 140 Å². The van der Waals surface area contributed by atoms with Crippen LogP contribution in [0.3, 0.4) is 0 Å². The van der Waals surface area contributed by atoms with Crippen LogP contribution in [0, 0.1) is 5.82 Å². The predicted octanol–water partition coefficient (Wildman–Crippen LogP) is 2.90. The summed E-state index contributed by atoms with van der Waals surface area (Å²) in [6, 6.07) is 19.0. The lowest BCUT2D eigenvalue weighted by atomic mass is 9.90. The number of benzene rings is 4. The van der Waals surface area contributed by atoms with Gasteiger partial charge in [0, 0.05) is 12.8 Å². The number of amides is 1. The molecule has 0 aliphatic carbocycles. The van der Waals surface area contributed by atoms with E-state index in [0.29, 0.717) is 19.0 Å². The molecule has 216 valence electrons. The molecule has 1 fully saturated rings. The highest BCUT2D eigenvalue weighted by atomic mass is 19.1. The monoisotopic (exact) mass is 573 g/mol. The fourth-order valence-corrected chi connectivity index (χ4v) is 5.65. The van der Waals surface area contributed by atoms with Gasteiger partial charge in [0.05, 0.1) is 12.3 Å². The van der Waals surface area contributed by atoms with Crippen LogP contribution in [0.2, 0.25) is 0 Å². The van der Waals surface area contributed by atoms with Crippen LogP contribution in [0.15, 0.2) is 70.4 Å². The van der Waals surface area contributed by atoms with Gasteiger partial charge in [-0.3, -0.25) is 23.9 Å². The Morgan fingerprint density at radius 2 is 1.76 bits per heavy atom. The number of H-pyrrole nitrogens is 1. The van der Waals surface area contributed by atoms with E-state index in [1.807, 2.05) is 4.98 Å². The Labute approximate surface area is 238 Å². The summed E-state index contributed by atoms with van der Waals surface area (Å²) in [6.45, 7) is -0.685. The predicted molar refractivity (Wildman–Crippen MR) is 153 cm³/mol. The third-order valence-corrected chi connectivity index (χ3v) is 7.75. The summed E-state index contributed by atoms with van der Waals surface area (Å²) in [6.07, 6.45) is -0.961. The van der Waals surface area contributed by atoms with Crippen molar-refractivity contribution in [2.24, 2.45) is 0 Å². The third kappa shape index (κ3) is 5.36. The van der Waals surface area contributed by atoms with E-state index < -0.39 is 41.5 Å². The van der Waals surface area contributed by atoms with Crippen LogP contribution < -0.4 is 16.6 Å². The van der Waals surface area contributed by atoms with Crippen LogP contribution in [0.25, 0.3) is 32.3 Å². The van der Waals surface area contributed by atoms with Gasteiger partial charge in [-0.1, -0.05) is 54.6 Å². The largest absolute Gasteiger partial charge is 0.462 e. The Kier molecular flexibility index (Phi) is 7.44. The zero-order valence-corrected chi connectivity index (χ0v) is 22.5. The van der Waals surface area contributed by atoms with Gasteiger partial charge in [0.2, 0.25) is 11.7 Å². The zero-order valence-electron chi connectivity index (χ0n) is 22.5. The zero-order chi connectivity index (χ0) is 29.4. The third-order valence-electron chi connectivity index (χ3n) is 7.75. The van der Waals surface area contributed by atoms with Crippen molar-refractivity contribution in [1.29, 1.82) is 0 Å². The number of ether oxygens (including phenoxy) is 2. The number of aromatic nitrogens is 2. The lowest BCUT2D eigenvalue weighted by molar-refractivity contribution is -0.150. The highest BCUT2D eigenvalue weighted by Gasteiger charge is 2.36. The molecule has 1 unspecified atom stereocenters. The van der Waals surface area contributed by atoms with Crippen molar-refractivity contribution in [1.82, 2.24) is 14.9 Å². The molecule has 5 aromatic rings. The van der Waals surface area contributed by atoms with Crippen LogP contribution in [0.5, 0.6) is 0 Å². The van der Waals surface area contributed by atoms with Gasteiger partial charge in [0.25, 0.3) is 5.56 Å². The van der Waals surface area contributed by atoms with Crippen molar-refractivity contribution in [3.05, 3.63) is 93.0 Å². The minimum atomic E-state index is -1.17. The van der Waals surface area contributed by atoms with Gasteiger partial charge in [-0.2, -0.15) is 4.39 Å². The molecule has 4 aromatic carbocycles. The average Bonchev–Trinajstić information content (AvgIpc) is 3.36. The van der Waals surface area contributed by atoms with Crippen molar-refractivity contribution in [3.63, 3.8) is 0 Å². The van der Waals surface area contributed by atoms with Gasteiger partial charge in [-0.05, 0) is 50.7 Å². The number of hydrogen-bond donors (Lipinski definition) is 3. The van der Waals surface area contributed by atoms with Crippen LogP contribution in [-0.4, -0.2) is 51.9 Å². The first-order valence-electron chi connectivity index (χ1n) is 13.7. The fourth-order valence-electron chi connectivity index (χ4n) is 5.65. The summed E-state index contributed by atoms with van der Waals surface area (Å²) in [7, 11) is 0. The minimum Gasteiger partial charge on any atom is -0.462 e. The standard InChI is InChI=1S/C31H28FN3O7/c32-22-15-35(31(40)34-30(22)39)26-13-23(36)24(42-26)16-41-27(38)14-33-25(37)6-2-3-17-7-8-20-10-9-18-4-1-5-19-11-12-21(17)29(20)28(18)19/h1,4-5,7-12,15,23-24,26,36H,2-3,6,13-14,16H2,(H,33,37)(H,34,39,40)/t23?,24-,26-/m0/s1. The average molecular weight is 574 g/mol. The van der Waals surface area contributed by atoms with Gasteiger partial charge in [-0.25, -0.2) is 4.79 Å². The molecule has 3 atom stereocenters. The Hall–Kier alpha value is -4.61. The van der Waals surface area contributed by atoms with Crippen LogP contribution >= 0.6 is 0 Å². The number of esters is 1. The second kappa shape index (κ2) is 11.3. The molecular formula is C31H28FN3O7. The summed E-state index contributed by atoms with van der Waals surface area (Å²) in [4.78, 5) is 49.6. The van der Waals surface area contributed by atoms with E-state index in [1.165, 1.54) is 32.3 Å². The number of aliphatic hydroxyl groups excluding tert-OH is 1. The van der Waals surface area contributed by atoms with Crippen molar-refractivity contribution in [2.75, 3.05) is 13.2 Å². The molecule has 3 N–H and O–H groups in total. The van der Waals surface area contributed by atoms with Crippen LogP contribution in [-0.2, 0) is 25.5 Å². The number of rotatable bonds is 9. The number of nitrogens with zero attached hydrogens (tertiary/aromatic N) is 1. The maximum absolute atomic E-state index is 13.6. The second-order valence-electron chi connectivity index (χ2n) is 10.5. The molecule has 6 rings (SSSR count). The molecule has 0 spiro atoms. The number of nitrogens with one attached hydrogen (secondary N) is 2. The fraction of sp³-hybridized carbons (Fsp3) is 0.290. The summed E-state index contributed by atoms with van der Waals surface area (Å²) in [5.74, 6) is -2.18. The van der Waals surface area contributed by atoms with Crippen LogP contribution in [0.4, 0.5) is 4.39 Å². The summed E-state index contributed by atoms with van der Waals surface area (Å²) >= 11 is 0. The molecule has 11 heteroatoms. The van der Waals surface area contributed by atoms with Crippen molar-refractivity contribution >= 4 is 44.2 Å². The number of hydrogen-bond acceptors (Lipinski definition) is 7. The first kappa shape index (κ1) is 27.6. The molecule has 1 saturated heterocycles. The molecule has 0 radical (unpaired) electrons. The molecule has 1 aromatic heterocycles. The number of aliphatic hydroxyl groups is 1. The Bertz CT molecular complexity index is 1900. The Balaban J connectivity index is 0.976. The maximum atomic E-state index is 13.6. The van der Waals surface area contributed by atoms with Gasteiger partial charge in [0.1, 0.15) is 25.5 Å². The molecule has 42 heavy (non-hydrogen) atoms. The quantitative estimate of drug-likeness (QED) is 0.182. The van der Waals surface area contributed by atoms with E-state index in [1.54, 1.807) is 0 Å².